The third-order valence-corrected chi connectivity index (χ3v) is 6.27. The number of halogens is 2. The van der Waals surface area contributed by atoms with Crippen LogP contribution in [0.5, 0.6) is 17.4 Å². The number of ether oxygens (including phenoxy) is 3. The topological polar surface area (TPSA) is 57.7 Å². The average molecular weight is 577 g/mol. The van der Waals surface area contributed by atoms with Crippen molar-refractivity contribution in [2.24, 2.45) is 5.92 Å². The number of allylic oxidation sites excluding steroid dienone is 1. The molecule has 0 aliphatic carbocycles. The zero-order chi connectivity index (χ0) is 24.0. The molecule has 7 heteroatoms. The van der Waals surface area contributed by atoms with Gasteiger partial charge in [-0.15, -0.1) is 0 Å². The molecule has 0 amide bonds. The minimum atomic E-state index is -0.998. The maximum atomic E-state index is 13.2. The van der Waals surface area contributed by atoms with Gasteiger partial charge in [0.2, 0.25) is 5.88 Å². The van der Waals surface area contributed by atoms with Gasteiger partial charge in [-0.05, 0) is 92.9 Å². The summed E-state index contributed by atoms with van der Waals surface area (Å²) in [6.07, 6.45) is 2.30. The number of benzene rings is 2. The summed E-state index contributed by atoms with van der Waals surface area (Å²) in [4.78, 5) is 18.1. The van der Waals surface area contributed by atoms with Crippen LogP contribution in [0.25, 0.3) is 10.8 Å². The molecule has 174 valence electrons. The molecule has 0 bridgehead atoms. The van der Waals surface area contributed by atoms with Gasteiger partial charge in [-0.25, -0.2) is 4.98 Å². The quantitative estimate of drug-likeness (QED) is 0.247. The van der Waals surface area contributed by atoms with Crippen molar-refractivity contribution in [2.75, 3.05) is 13.7 Å². The fourth-order valence-electron chi connectivity index (χ4n) is 3.84. The Hall–Kier alpha value is -2.38. The number of carbonyl (C=O) groups excluding carboxylic acids is 1. The Kier molecular flexibility index (Phi) is 8.54. The Morgan fingerprint density at radius 1 is 1.09 bits per heavy atom. The van der Waals surface area contributed by atoms with Crippen LogP contribution < -0.4 is 9.47 Å². The summed E-state index contributed by atoms with van der Waals surface area (Å²) in [5, 5.41) is 1.79. The molecule has 2 aromatic carbocycles. The minimum Gasteiger partial charge on any atom is -0.494 e. The van der Waals surface area contributed by atoms with E-state index in [0.717, 1.165) is 19.9 Å². The molecular formula is C26H27Br2NO4. The number of esters is 1. The van der Waals surface area contributed by atoms with Gasteiger partial charge in [-0.2, -0.15) is 0 Å². The minimum absolute atomic E-state index is 0.0902. The Morgan fingerprint density at radius 3 is 2.36 bits per heavy atom. The van der Waals surface area contributed by atoms with E-state index in [0.29, 0.717) is 30.4 Å². The first-order valence-electron chi connectivity index (χ1n) is 10.7. The van der Waals surface area contributed by atoms with Gasteiger partial charge in [0.05, 0.1) is 22.8 Å². The molecular weight excluding hydrogens is 550 g/mol. The third kappa shape index (κ3) is 5.58. The maximum Gasteiger partial charge on any atom is 0.318 e. The molecule has 5 nitrogen and oxygen atoms in total. The number of methoxy groups -OCH3 is 1. The van der Waals surface area contributed by atoms with E-state index in [-0.39, 0.29) is 11.9 Å². The van der Waals surface area contributed by atoms with Gasteiger partial charge < -0.3 is 14.2 Å². The van der Waals surface area contributed by atoms with Crippen LogP contribution in [-0.2, 0) is 14.9 Å². The van der Waals surface area contributed by atoms with Crippen LogP contribution in [-0.4, -0.2) is 24.7 Å². The van der Waals surface area contributed by atoms with Crippen molar-refractivity contribution in [1.29, 1.82) is 0 Å². The molecule has 0 aliphatic heterocycles. The van der Waals surface area contributed by atoms with Crippen LogP contribution >= 0.6 is 31.9 Å². The highest BCUT2D eigenvalue weighted by atomic mass is 79.9. The highest BCUT2D eigenvalue weighted by molar-refractivity contribution is 9.28. The number of fused-ring (bicyclic) bond motifs is 1. The summed E-state index contributed by atoms with van der Waals surface area (Å²) in [7, 11) is 1.41. The molecule has 0 fully saturated rings. The summed E-state index contributed by atoms with van der Waals surface area (Å²) in [5.41, 5.74) is -0.399. The number of aromatic nitrogens is 1. The Morgan fingerprint density at radius 2 is 1.76 bits per heavy atom. The molecule has 0 N–H and O–H groups in total. The average Bonchev–Trinajstić information content (AvgIpc) is 2.80. The fraction of sp³-hybridized carbons (Fsp3) is 0.308. The van der Waals surface area contributed by atoms with Gasteiger partial charge in [-0.1, -0.05) is 38.1 Å². The predicted molar refractivity (Wildman–Crippen MR) is 139 cm³/mol. The van der Waals surface area contributed by atoms with Crippen molar-refractivity contribution in [2.45, 2.75) is 32.6 Å². The van der Waals surface area contributed by atoms with Crippen molar-refractivity contribution >= 4 is 48.6 Å². The van der Waals surface area contributed by atoms with E-state index >= 15 is 0 Å². The van der Waals surface area contributed by atoms with Crippen molar-refractivity contribution < 1.29 is 19.0 Å². The Balaban J connectivity index is 2.17. The number of pyridine rings is 1. The summed E-state index contributed by atoms with van der Waals surface area (Å²) in [5.74, 6) is 1.40. The van der Waals surface area contributed by atoms with Crippen LogP contribution in [0.3, 0.4) is 0 Å². The molecule has 1 atom stereocenters. The highest BCUT2D eigenvalue weighted by Gasteiger charge is 2.45. The van der Waals surface area contributed by atoms with Crippen LogP contribution in [0.15, 0.2) is 64.1 Å². The lowest BCUT2D eigenvalue weighted by Gasteiger charge is -2.34. The van der Waals surface area contributed by atoms with Crippen LogP contribution in [0.1, 0.15) is 32.9 Å². The second-order valence-electron chi connectivity index (χ2n) is 7.86. The first-order chi connectivity index (χ1) is 15.8. The number of carbonyl (C=O) groups is 1. The third-order valence-electron chi connectivity index (χ3n) is 5.63. The van der Waals surface area contributed by atoms with Gasteiger partial charge >= 0.3 is 5.97 Å². The normalized spacial score (nSPS) is 12.8. The van der Waals surface area contributed by atoms with Crippen LogP contribution in [0.4, 0.5) is 0 Å². The maximum absolute atomic E-state index is 13.2. The largest absolute Gasteiger partial charge is 0.494 e. The molecule has 33 heavy (non-hydrogen) atoms. The molecule has 0 saturated carbocycles. The fourth-order valence-corrected chi connectivity index (χ4v) is 4.16. The standard InChI is InChI=1S/C26H27Br2NO4/c1-5-32-19-10-12-20(13-11-19)33-24-21-9-7-6-8-18(21)16-22(29-24)26(17(2)3,25(30)31-4)15-14-23(27)28/h6-14,16-17H,5,15H2,1-4H3. The first kappa shape index (κ1) is 25.2. The summed E-state index contributed by atoms with van der Waals surface area (Å²) >= 11 is 6.81. The van der Waals surface area contributed by atoms with Crippen molar-refractivity contribution in [3.05, 3.63) is 69.8 Å². The van der Waals surface area contributed by atoms with Crippen molar-refractivity contribution in [3.8, 4) is 17.4 Å². The molecule has 1 heterocycles. The van der Waals surface area contributed by atoms with E-state index in [2.05, 4.69) is 31.9 Å². The van der Waals surface area contributed by atoms with Crippen LogP contribution in [0, 0.1) is 5.92 Å². The van der Waals surface area contributed by atoms with Gasteiger partial charge in [0.15, 0.2) is 0 Å². The number of hydrogen-bond acceptors (Lipinski definition) is 5. The molecule has 0 aliphatic rings. The van der Waals surface area contributed by atoms with E-state index in [1.54, 1.807) is 0 Å². The van der Waals surface area contributed by atoms with Gasteiger partial charge in [0, 0.05) is 5.39 Å². The lowest BCUT2D eigenvalue weighted by atomic mass is 9.71. The molecule has 0 radical (unpaired) electrons. The molecule has 0 saturated heterocycles. The van der Waals surface area contributed by atoms with E-state index in [1.807, 2.05) is 81.4 Å². The van der Waals surface area contributed by atoms with Crippen molar-refractivity contribution in [1.82, 2.24) is 4.98 Å². The SMILES string of the molecule is CCOc1ccc(Oc2nc(C(CC=C(Br)Br)(C(=O)OC)C(C)C)cc3ccccc23)cc1. The number of hydrogen-bond donors (Lipinski definition) is 0. The molecule has 1 aromatic heterocycles. The zero-order valence-electron chi connectivity index (χ0n) is 19.1. The second kappa shape index (κ2) is 11.2. The molecule has 3 aromatic rings. The van der Waals surface area contributed by atoms with E-state index in [4.69, 9.17) is 19.2 Å². The molecule has 1 unspecified atom stereocenters. The number of rotatable bonds is 9. The first-order valence-corrected chi connectivity index (χ1v) is 12.3. The summed E-state index contributed by atoms with van der Waals surface area (Å²) in [6, 6.07) is 17.2. The summed E-state index contributed by atoms with van der Waals surface area (Å²) in [6.45, 7) is 6.53. The smallest absolute Gasteiger partial charge is 0.318 e. The monoisotopic (exact) mass is 575 g/mol. The van der Waals surface area contributed by atoms with E-state index < -0.39 is 5.41 Å². The Bertz CT molecular complexity index is 1140. The number of nitrogens with zero attached hydrogens (tertiary/aromatic N) is 1. The predicted octanol–water partition coefficient (Wildman–Crippen LogP) is 7.51. The lowest BCUT2D eigenvalue weighted by Crippen LogP contribution is -2.42. The van der Waals surface area contributed by atoms with Gasteiger partial charge in [-0.3, -0.25) is 4.79 Å². The van der Waals surface area contributed by atoms with E-state index in [1.165, 1.54) is 7.11 Å². The van der Waals surface area contributed by atoms with E-state index in [9.17, 15) is 4.79 Å². The van der Waals surface area contributed by atoms with Gasteiger partial charge in [0.1, 0.15) is 16.9 Å². The molecule has 0 spiro atoms. The Labute approximate surface area is 211 Å². The summed E-state index contributed by atoms with van der Waals surface area (Å²) < 4.78 is 17.8. The van der Waals surface area contributed by atoms with Crippen molar-refractivity contribution in [3.63, 3.8) is 0 Å². The second-order valence-corrected chi connectivity index (χ2v) is 10.6. The zero-order valence-corrected chi connectivity index (χ0v) is 22.3. The lowest BCUT2D eigenvalue weighted by molar-refractivity contribution is -0.149. The van der Waals surface area contributed by atoms with Crippen LogP contribution in [0.2, 0.25) is 0 Å². The van der Waals surface area contributed by atoms with Gasteiger partial charge in [0.25, 0.3) is 0 Å². The molecule has 3 rings (SSSR count). The highest BCUT2D eigenvalue weighted by Crippen LogP contribution is 2.41.